The third-order valence-electron chi connectivity index (χ3n) is 1.62. The molecule has 0 aromatic rings. The Morgan fingerprint density at radius 3 is 3.12 bits per heavy atom. The fraction of sp³-hybridized carbons (Fsp3) is 0.625. The highest BCUT2D eigenvalue weighted by Crippen LogP contribution is 2.18. The molecule has 8 heavy (non-hydrogen) atoms. The SMILES string of the molecule is C=C1C[CH]CCCC1. The van der Waals surface area contributed by atoms with Crippen molar-refractivity contribution in [1.82, 2.24) is 0 Å². The normalized spacial score (nSPS) is 22.8. The molecule has 0 bridgehead atoms. The van der Waals surface area contributed by atoms with Crippen molar-refractivity contribution in [3.05, 3.63) is 18.6 Å². The van der Waals surface area contributed by atoms with Crippen LogP contribution in [-0.2, 0) is 0 Å². The molecule has 1 aliphatic rings. The van der Waals surface area contributed by atoms with E-state index in [1.165, 1.54) is 37.7 Å². The predicted octanol–water partition coefficient (Wildman–Crippen LogP) is 2.71. The second kappa shape index (κ2) is 2.91. The Kier molecular flexibility index (Phi) is 2.13. The minimum atomic E-state index is 1.17. The largest absolute Gasteiger partial charge is 0.0999 e. The maximum absolute atomic E-state index is 3.94. The van der Waals surface area contributed by atoms with Crippen molar-refractivity contribution in [2.45, 2.75) is 32.1 Å². The van der Waals surface area contributed by atoms with Gasteiger partial charge in [0.1, 0.15) is 0 Å². The molecule has 0 heteroatoms. The van der Waals surface area contributed by atoms with Crippen LogP contribution in [0.1, 0.15) is 32.1 Å². The molecule has 0 spiro atoms. The summed E-state index contributed by atoms with van der Waals surface area (Å²) in [6, 6.07) is 0. The third kappa shape index (κ3) is 1.69. The van der Waals surface area contributed by atoms with Gasteiger partial charge in [0.05, 0.1) is 0 Å². The van der Waals surface area contributed by atoms with Gasteiger partial charge in [-0.25, -0.2) is 0 Å². The average Bonchev–Trinajstić information content (AvgIpc) is 1.94. The van der Waals surface area contributed by atoms with E-state index in [0.29, 0.717) is 0 Å². The molecule has 0 N–H and O–H groups in total. The number of allylic oxidation sites excluding steroid dienone is 1. The number of hydrogen-bond acceptors (Lipinski definition) is 0. The van der Waals surface area contributed by atoms with E-state index in [-0.39, 0.29) is 0 Å². The molecule has 1 rings (SSSR count). The van der Waals surface area contributed by atoms with Gasteiger partial charge in [-0.1, -0.05) is 18.6 Å². The molecule has 0 atom stereocenters. The van der Waals surface area contributed by atoms with Gasteiger partial charge in [-0.3, -0.25) is 0 Å². The van der Waals surface area contributed by atoms with Crippen LogP contribution in [0, 0.1) is 6.42 Å². The smallest absolute Gasteiger partial charge is 0.0292 e. The van der Waals surface area contributed by atoms with E-state index in [1.54, 1.807) is 0 Å². The van der Waals surface area contributed by atoms with Crippen molar-refractivity contribution >= 4 is 0 Å². The van der Waals surface area contributed by atoms with E-state index in [4.69, 9.17) is 0 Å². The maximum atomic E-state index is 3.94. The Hall–Kier alpha value is -0.260. The van der Waals surface area contributed by atoms with Crippen LogP contribution in [0.5, 0.6) is 0 Å². The van der Waals surface area contributed by atoms with Crippen LogP contribution >= 0.6 is 0 Å². The summed E-state index contributed by atoms with van der Waals surface area (Å²) in [6.45, 7) is 3.94. The second-order valence-electron chi connectivity index (χ2n) is 2.49. The minimum Gasteiger partial charge on any atom is -0.0999 e. The van der Waals surface area contributed by atoms with Crippen LogP contribution in [0.2, 0.25) is 0 Å². The summed E-state index contributed by atoms with van der Waals surface area (Å²) in [4.78, 5) is 0. The van der Waals surface area contributed by atoms with Gasteiger partial charge in [-0.05, 0) is 32.1 Å². The second-order valence-corrected chi connectivity index (χ2v) is 2.49. The highest BCUT2D eigenvalue weighted by atomic mass is 14.1. The van der Waals surface area contributed by atoms with Crippen LogP contribution in [0.25, 0.3) is 0 Å². The summed E-state index contributed by atoms with van der Waals surface area (Å²) in [5, 5.41) is 0. The molecule has 1 radical (unpaired) electrons. The summed E-state index contributed by atoms with van der Waals surface area (Å²) in [5.41, 5.74) is 1.42. The summed E-state index contributed by atoms with van der Waals surface area (Å²) >= 11 is 0. The van der Waals surface area contributed by atoms with Crippen molar-refractivity contribution < 1.29 is 0 Å². The van der Waals surface area contributed by atoms with Gasteiger partial charge < -0.3 is 0 Å². The minimum absolute atomic E-state index is 1.17. The van der Waals surface area contributed by atoms with Crippen molar-refractivity contribution in [1.29, 1.82) is 0 Å². The van der Waals surface area contributed by atoms with Crippen molar-refractivity contribution in [3.8, 4) is 0 Å². The molecule has 45 valence electrons. The lowest BCUT2D eigenvalue weighted by molar-refractivity contribution is 0.761. The zero-order valence-electron chi connectivity index (χ0n) is 5.32. The van der Waals surface area contributed by atoms with Crippen molar-refractivity contribution in [2.24, 2.45) is 0 Å². The first-order valence-electron chi connectivity index (χ1n) is 3.38. The highest BCUT2D eigenvalue weighted by molar-refractivity contribution is 5.00. The zero-order valence-corrected chi connectivity index (χ0v) is 5.32. The van der Waals surface area contributed by atoms with Crippen LogP contribution < -0.4 is 0 Å². The van der Waals surface area contributed by atoms with Crippen LogP contribution in [0.15, 0.2) is 12.2 Å². The van der Waals surface area contributed by atoms with E-state index in [0.717, 1.165) is 0 Å². The number of rotatable bonds is 0. The topological polar surface area (TPSA) is 0 Å². The van der Waals surface area contributed by atoms with Crippen molar-refractivity contribution in [3.63, 3.8) is 0 Å². The average molecular weight is 109 g/mol. The molecule has 0 aromatic heterocycles. The van der Waals surface area contributed by atoms with E-state index >= 15 is 0 Å². The first kappa shape index (κ1) is 5.87. The van der Waals surface area contributed by atoms with Crippen LogP contribution in [-0.4, -0.2) is 0 Å². The van der Waals surface area contributed by atoms with Gasteiger partial charge in [0.2, 0.25) is 0 Å². The summed E-state index contributed by atoms with van der Waals surface area (Å²) < 4.78 is 0. The molecule has 0 heterocycles. The predicted molar refractivity (Wildman–Crippen MR) is 36.5 cm³/mol. The summed E-state index contributed by atoms with van der Waals surface area (Å²) in [7, 11) is 0. The number of hydrogen-bond donors (Lipinski definition) is 0. The fourth-order valence-electron chi connectivity index (χ4n) is 1.07. The van der Waals surface area contributed by atoms with E-state index in [9.17, 15) is 0 Å². The highest BCUT2D eigenvalue weighted by Gasteiger charge is 2.00. The monoisotopic (exact) mass is 109 g/mol. The van der Waals surface area contributed by atoms with E-state index < -0.39 is 0 Å². The quantitative estimate of drug-likeness (QED) is 0.331. The molecule has 1 aliphatic carbocycles. The van der Waals surface area contributed by atoms with Gasteiger partial charge in [-0.15, -0.1) is 0 Å². The molecule has 0 aliphatic heterocycles. The standard InChI is InChI=1S/C8H13/c1-8-6-4-2-3-5-7-8/h4H,1-3,5-7H2. The van der Waals surface area contributed by atoms with Gasteiger partial charge >= 0.3 is 0 Å². The van der Waals surface area contributed by atoms with Crippen LogP contribution in [0.4, 0.5) is 0 Å². The lowest BCUT2D eigenvalue weighted by Gasteiger charge is -1.94. The van der Waals surface area contributed by atoms with E-state index in [1.807, 2.05) is 0 Å². The first-order valence-corrected chi connectivity index (χ1v) is 3.38. The Morgan fingerprint density at radius 1 is 1.38 bits per heavy atom. The Balaban J connectivity index is 2.27. The lowest BCUT2D eigenvalue weighted by Crippen LogP contribution is -1.74. The molecule has 0 saturated heterocycles. The molecule has 1 fully saturated rings. The molecule has 0 unspecified atom stereocenters. The fourth-order valence-corrected chi connectivity index (χ4v) is 1.07. The lowest BCUT2D eigenvalue weighted by atomic mass is 10.1. The molecular weight excluding hydrogens is 96.1 g/mol. The van der Waals surface area contributed by atoms with Gasteiger partial charge in [-0.2, -0.15) is 0 Å². The molecule has 1 saturated carbocycles. The summed E-state index contributed by atoms with van der Waals surface area (Å²) in [6.07, 6.45) is 8.80. The molecular formula is C8H13. The van der Waals surface area contributed by atoms with Crippen LogP contribution in [0.3, 0.4) is 0 Å². The Labute approximate surface area is 51.6 Å². The van der Waals surface area contributed by atoms with Crippen molar-refractivity contribution in [2.75, 3.05) is 0 Å². The van der Waals surface area contributed by atoms with Gasteiger partial charge in [0, 0.05) is 0 Å². The van der Waals surface area contributed by atoms with Gasteiger partial charge in [0.25, 0.3) is 0 Å². The third-order valence-corrected chi connectivity index (χ3v) is 1.62. The summed E-state index contributed by atoms with van der Waals surface area (Å²) in [5.74, 6) is 0. The Morgan fingerprint density at radius 2 is 2.25 bits per heavy atom. The maximum Gasteiger partial charge on any atom is -0.0292 e. The molecule has 0 aromatic carbocycles. The van der Waals surface area contributed by atoms with Gasteiger partial charge in [0.15, 0.2) is 0 Å². The van der Waals surface area contributed by atoms with E-state index in [2.05, 4.69) is 13.0 Å². The Bertz CT molecular complexity index is 72.0. The zero-order chi connectivity index (χ0) is 5.82. The molecule has 0 amide bonds. The molecule has 0 nitrogen and oxygen atoms in total. The first-order chi connectivity index (χ1) is 3.89.